The van der Waals surface area contributed by atoms with Crippen molar-refractivity contribution in [3.63, 3.8) is 0 Å². The number of amides is 2. The number of carbonyl (C=O) groups is 1. The van der Waals surface area contributed by atoms with E-state index in [1.165, 1.54) is 32.1 Å². The fraction of sp³-hybridized carbons (Fsp3) is 0.682. The molecule has 2 saturated heterocycles. The molecule has 0 radical (unpaired) electrons. The predicted molar refractivity (Wildman–Crippen MR) is 122 cm³/mol. The van der Waals surface area contributed by atoms with Crippen LogP contribution in [0.1, 0.15) is 32.1 Å². The van der Waals surface area contributed by atoms with Gasteiger partial charge in [0.2, 0.25) is 0 Å². The van der Waals surface area contributed by atoms with E-state index in [9.17, 15) is 4.79 Å². The lowest BCUT2D eigenvalue weighted by Crippen LogP contribution is -2.45. The molecule has 2 aliphatic heterocycles. The molecule has 3 rings (SSSR count). The van der Waals surface area contributed by atoms with Gasteiger partial charge in [0.15, 0.2) is 0 Å². The number of urea groups is 1. The third-order valence-corrected chi connectivity index (χ3v) is 6.58. The zero-order chi connectivity index (χ0) is 20.8. The summed E-state index contributed by atoms with van der Waals surface area (Å²) in [5, 5.41) is 3.74. The molecule has 0 aliphatic carbocycles. The molecule has 7 heteroatoms. The summed E-state index contributed by atoms with van der Waals surface area (Å²) in [7, 11) is 6.22. The minimum absolute atomic E-state index is 0.0812. The molecule has 0 aromatic heterocycles. The highest BCUT2D eigenvalue weighted by Crippen LogP contribution is 2.31. The van der Waals surface area contributed by atoms with Crippen LogP contribution in [-0.2, 0) is 0 Å². The molecular formula is C22H36ClN5O. The Morgan fingerprint density at radius 2 is 1.79 bits per heavy atom. The van der Waals surface area contributed by atoms with Crippen molar-refractivity contribution in [2.24, 2.45) is 0 Å². The fourth-order valence-corrected chi connectivity index (χ4v) is 4.43. The van der Waals surface area contributed by atoms with Crippen LogP contribution in [0.4, 0.5) is 16.2 Å². The summed E-state index contributed by atoms with van der Waals surface area (Å²) < 4.78 is 0. The highest BCUT2D eigenvalue weighted by Gasteiger charge is 2.22. The molecule has 29 heavy (non-hydrogen) atoms. The molecular weight excluding hydrogens is 386 g/mol. The van der Waals surface area contributed by atoms with Gasteiger partial charge >= 0.3 is 6.03 Å². The van der Waals surface area contributed by atoms with Crippen LogP contribution in [0.25, 0.3) is 0 Å². The molecule has 0 bridgehead atoms. The number of piperidine rings is 2. The van der Waals surface area contributed by atoms with Crippen LogP contribution in [0.15, 0.2) is 18.2 Å². The number of likely N-dealkylation sites (N-methyl/N-ethyl adjacent to an activating group) is 2. The molecule has 0 unspecified atom stereocenters. The number of carbonyl (C=O) groups excluding carboxylic acids is 1. The fourth-order valence-electron chi connectivity index (χ4n) is 4.26. The topological polar surface area (TPSA) is 42.1 Å². The molecule has 0 saturated carbocycles. The van der Waals surface area contributed by atoms with Gasteiger partial charge in [0.1, 0.15) is 0 Å². The van der Waals surface area contributed by atoms with E-state index in [-0.39, 0.29) is 6.03 Å². The number of halogens is 1. The molecule has 162 valence electrons. The van der Waals surface area contributed by atoms with E-state index in [4.69, 9.17) is 11.6 Å². The van der Waals surface area contributed by atoms with Gasteiger partial charge in [-0.3, -0.25) is 0 Å². The molecule has 2 fully saturated rings. The van der Waals surface area contributed by atoms with E-state index >= 15 is 0 Å². The maximum Gasteiger partial charge on any atom is 0.321 e. The summed E-state index contributed by atoms with van der Waals surface area (Å²) in [6.07, 6.45) is 6.06. The average Bonchev–Trinajstić information content (AvgIpc) is 2.73. The Kier molecular flexibility index (Phi) is 8.04. The third kappa shape index (κ3) is 6.24. The lowest BCUT2D eigenvalue weighted by Gasteiger charge is -2.35. The van der Waals surface area contributed by atoms with Gasteiger partial charge in [0.05, 0.1) is 11.4 Å². The Hall–Kier alpha value is -1.50. The Morgan fingerprint density at radius 3 is 2.48 bits per heavy atom. The number of rotatable bonds is 6. The Bertz CT molecular complexity index is 671. The summed E-state index contributed by atoms with van der Waals surface area (Å²) in [5.74, 6) is 0. The van der Waals surface area contributed by atoms with Crippen molar-refractivity contribution in [3.8, 4) is 0 Å². The van der Waals surface area contributed by atoms with E-state index in [0.717, 1.165) is 44.1 Å². The van der Waals surface area contributed by atoms with Gasteiger partial charge < -0.3 is 24.9 Å². The van der Waals surface area contributed by atoms with Crippen molar-refractivity contribution in [3.05, 3.63) is 23.2 Å². The molecule has 2 heterocycles. The van der Waals surface area contributed by atoms with Gasteiger partial charge in [-0.15, -0.1) is 0 Å². The number of hydrogen-bond acceptors (Lipinski definition) is 4. The highest BCUT2D eigenvalue weighted by molar-refractivity contribution is 6.31. The number of anilines is 2. The number of nitrogens with one attached hydrogen (secondary N) is 1. The Morgan fingerprint density at radius 1 is 1.10 bits per heavy atom. The summed E-state index contributed by atoms with van der Waals surface area (Å²) >= 11 is 6.22. The van der Waals surface area contributed by atoms with Crippen LogP contribution in [0.2, 0.25) is 5.02 Å². The number of likely N-dealkylation sites (tertiary alicyclic amines) is 1. The Labute approximate surface area is 180 Å². The minimum atomic E-state index is -0.0812. The number of nitrogens with zero attached hydrogens (tertiary/aromatic N) is 4. The second-order valence-electron chi connectivity index (χ2n) is 8.58. The number of benzene rings is 1. The quantitative estimate of drug-likeness (QED) is 0.758. The smallest absolute Gasteiger partial charge is 0.321 e. The lowest BCUT2D eigenvalue weighted by atomic mass is 10.0. The summed E-state index contributed by atoms with van der Waals surface area (Å²) in [4.78, 5) is 21.7. The van der Waals surface area contributed by atoms with Gasteiger partial charge in [0, 0.05) is 44.3 Å². The zero-order valence-corrected chi connectivity index (χ0v) is 18.9. The third-order valence-electron chi connectivity index (χ3n) is 6.34. The summed E-state index contributed by atoms with van der Waals surface area (Å²) in [6, 6.07) is 6.32. The average molecular weight is 422 g/mol. The van der Waals surface area contributed by atoms with E-state index in [1.54, 1.807) is 4.90 Å². The van der Waals surface area contributed by atoms with Crippen molar-refractivity contribution in [2.75, 3.05) is 70.6 Å². The van der Waals surface area contributed by atoms with Crippen molar-refractivity contribution in [1.29, 1.82) is 0 Å². The van der Waals surface area contributed by atoms with Crippen molar-refractivity contribution in [2.45, 2.75) is 38.1 Å². The van der Waals surface area contributed by atoms with E-state index in [1.807, 2.05) is 25.2 Å². The minimum Gasteiger partial charge on any atom is -0.370 e. The van der Waals surface area contributed by atoms with Gasteiger partial charge in [-0.05, 0) is 77.5 Å². The van der Waals surface area contributed by atoms with E-state index < -0.39 is 0 Å². The normalized spacial score (nSPS) is 18.9. The molecule has 2 amide bonds. The zero-order valence-electron chi connectivity index (χ0n) is 18.2. The van der Waals surface area contributed by atoms with Crippen LogP contribution < -0.4 is 10.2 Å². The van der Waals surface area contributed by atoms with E-state index in [2.05, 4.69) is 34.1 Å². The first kappa shape index (κ1) is 22.2. The van der Waals surface area contributed by atoms with Gasteiger partial charge in [0.25, 0.3) is 0 Å². The van der Waals surface area contributed by atoms with Crippen LogP contribution in [-0.4, -0.2) is 87.2 Å². The standard InChI is InChI=1S/C22H36ClN5O/c1-25-13-9-19(10-14-25)26(2)15-16-27(3)22(29)24-20-17-18(23)7-8-21(20)28-11-5-4-6-12-28/h7-8,17,19H,4-6,9-16H2,1-3H3,(H,24,29). The van der Waals surface area contributed by atoms with Crippen LogP contribution in [0.5, 0.6) is 0 Å². The first-order chi connectivity index (χ1) is 13.9. The molecule has 0 spiro atoms. The monoisotopic (exact) mass is 421 g/mol. The first-order valence-corrected chi connectivity index (χ1v) is 11.3. The molecule has 1 aromatic carbocycles. The summed E-state index contributed by atoms with van der Waals surface area (Å²) in [6.45, 7) is 5.95. The van der Waals surface area contributed by atoms with Gasteiger partial charge in [-0.2, -0.15) is 0 Å². The molecule has 2 aliphatic rings. The number of hydrogen-bond donors (Lipinski definition) is 1. The summed E-state index contributed by atoms with van der Waals surface area (Å²) in [5.41, 5.74) is 1.87. The molecule has 0 atom stereocenters. The first-order valence-electron chi connectivity index (χ1n) is 10.9. The van der Waals surface area contributed by atoms with Crippen molar-refractivity contribution in [1.82, 2.24) is 14.7 Å². The highest BCUT2D eigenvalue weighted by atomic mass is 35.5. The molecule has 1 aromatic rings. The lowest BCUT2D eigenvalue weighted by molar-refractivity contribution is 0.136. The molecule has 1 N–H and O–H groups in total. The van der Waals surface area contributed by atoms with Crippen LogP contribution >= 0.6 is 11.6 Å². The largest absolute Gasteiger partial charge is 0.370 e. The second kappa shape index (κ2) is 10.5. The van der Waals surface area contributed by atoms with Crippen LogP contribution in [0, 0.1) is 0 Å². The van der Waals surface area contributed by atoms with E-state index in [0.29, 0.717) is 17.6 Å². The molecule has 6 nitrogen and oxygen atoms in total. The maximum atomic E-state index is 12.8. The Balaban J connectivity index is 1.54. The van der Waals surface area contributed by atoms with Crippen molar-refractivity contribution >= 4 is 29.0 Å². The van der Waals surface area contributed by atoms with Crippen molar-refractivity contribution < 1.29 is 4.79 Å². The maximum absolute atomic E-state index is 12.8. The van der Waals surface area contributed by atoms with Crippen LogP contribution in [0.3, 0.4) is 0 Å². The van der Waals surface area contributed by atoms with Gasteiger partial charge in [-0.1, -0.05) is 11.6 Å². The second-order valence-corrected chi connectivity index (χ2v) is 9.01. The predicted octanol–water partition coefficient (Wildman–Crippen LogP) is 3.82. The van der Waals surface area contributed by atoms with Gasteiger partial charge in [-0.25, -0.2) is 4.79 Å². The SMILES string of the molecule is CN1CCC(N(C)CCN(C)C(=O)Nc2cc(Cl)ccc2N2CCCCC2)CC1.